The Kier molecular flexibility index (Phi) is 3.39. The van der Waals surface area contributed by atoms with Crippen LogP contribution in [0.15, 0.2) is 24.3 Å². The minimum absolute atomic E-state index is 0.314. The van der Waals surface area contributed by atoms with Crippen molar-refractivity contribution in [2.75, 3.05) is 7.11 Å². The van der Waals surface area contributed by atoms with E-state index >= 15 is 0 Å². The second-order valence-electron chi connectivity index (χ2n) is 6.20. The van der Waals surface area contributed by atoms with Crippen LogP contribution in [0.5, 0.6) is 0 Å². The van der Waals surface area contributed by atoms with Gasteiger partial charge in [-0.2, -0.15) is 5.10 Å². The number of hydrogen-bond acceptors (Lipinski definition) is 3. The first-order chi connectivity index (χ1) is 11.5. The standard InChI is InChI=1S/C19H17ClN2O2/c1-10-8-13(20)9-15-17(10)21-22-7-6-12-4-5-14(19(23)24-3)11(2)16(12)18(15)22/h4-5,8-9H,6-7H2,1-3H3. The average Bonchev–Trinajstić information content (AvgIpc) is 2.93. The van der Waals surface area contributed by atoms with Crippen LogP contribution < -0.4 is 0 Å². The Bertz CT molecular complexity index is 1000. The van der Waals surface area contributed by atoms with E-state index in [4.69, 9.17) is 21.4 Å². The molecule has 3 aromatic rings. The van der Waals surface area contributed by atoms with Gasteiger partial charge >= 0.3 is 5.97 Å². The molecule has 0 atom stereocenters. The number of ether oxygens (including phenoxy) is 1. The Morgan fingerprint density at radius 1 is 1.29 bits per heavy atom. The van der Waals surface area contributed by atoms with Crippen molar-refractivity contribution in [3.63, 3.8) is 0 Å². The third-order valence-electron chi connectivity index (χ3n) is 4.79. The Labute approximate surface area is 145 Å². The van der Waals surface area contributed by atoms with Gasteiger partial charge in [0.1, 0.15) is 0 Å². The average molecular weight is 341 g/mol. The smallest absolute Gasteiger partial charge is 0.338 e. The summed E-state index contributed by atoms with van der Waals surface area (Å²) in [7, 11) is 1.41. The van der Waals surface area contributed by atoms with Gasteiger partial charge in [-0.05, 0) is 55.2 Å². The highest BCUT2D eigenvalue weighted by Crippen LogP contribution is 2.40. The zero-order chi connectivity index (χ0) is 17.0. The largest absolute Gasteiger partial charge is 0.465 e. The lowest BCUT2D eigenvalue weighted by molar-refractivity contribution is 0.0600. The molecule has 0 unspecified atom stereocenters. The molecule has 2 aromatic carbocycles. The lowest BCUT2D eigenvalue weighted by atomic mass is 9.89. The van der Waals surface area contributed by atoms with Crippen LogP contribution in [-0.2, 0) is 17.7 Å². The van der Waals surface area contributed by atoms with Crippen LogP contribution in [0.4, 0.5) is 0 Å². The molecule has 0 N–H and O–H groups in total. The number of hydrogen-bond donors (Lipinski definition) is 0. The van der Waals surface area contributed by atoms with Crippen LogP contribution in [0.1, 0.15) is 27.0 Å². The summed E-state index contributed by atoms with van der Waals surface area (Å²) in [5.74, 6) is -0.314. The fourth-order valence-corrected chi connectivity index (χ4v) is 3.92. The van der Waals surface area contributed by atoms with E-state index in [1.54, 1.807) is 0 Å². The zero-order valence-corrected chi connectivity index (χ0v) is 14.6. The summed E-state index contributed by atoms with van der Waals surface area (Å²) in [5.41, 5.74) is 6.89. The van der Waals surface area contributed by atoms with Crippen molar-refractivity contribution in [1.29, 1.82) is 0 Å². The van der Waals surface area contributed by atoms with Crippen LogP contribution in [0.2, 0.25) is 5.02 Å². The zero-order valence-electron chi connectivity index (χ0n) is 13.8. The third kappa shape index (κ3) is 2.06. The number of esters is 1. The quantitative estimate of drug-likeness (QED) is 0.620. The van der Waals surface area contributed by atoms with Crippen LogP contribution >= 0.6 is 11.6 Å². The Balaban J connectivity index is 2.08. The number of benzene rings is 2. The van der Waals surface area contributed by atoms with E-state index in [0.29, 0.717) is 10.6 Å². The summed E-state index contributed by atoms with van der Waals surface area (Å²) in [6.07, 6.45) is 0.894. The summed E-state index contributed by atoms with van der Waals surface area (Å²) in [4.78, 5) is 12.1. The molecule has 1 aliphatic heterocycles. The van der Waals surface area contributed by atoms with Crippen molar-refractivity contribution in [2.45, 2.75) is 26.8 Å². The first kappa shape index (κ1) is 15.2. The van der Waals surface area contributed by atoms with Gasteiger partial charge in [-0.15, -0.1) is 0 Å². The van der Waals surface area contributed by atoms with Gasteiger partial charge in [-0.3, -0.25) is 4.68 Å². The van der Waals surface area contributed by atoms with Gasteiger partial charge in [0.25, 0.3) is 0 Å². The molecule has 0 saturated heterocycles. The third-order valence-corrected chi connectivity index (χ3v) is 5.00. The molecule has 24 heavy (non-hydrogen) atoms. The SMILES string of the molecule is COC(=O)c1ccc2c(c1C)-c1c3cc(Cl)cc(C)c3nn1CC2. The van der Waals surface area contributed by atoms with Crippen molar-refractivity contribution in [2.24, 2.45) is 0 Å². The van der Waals surface area contributed by atoms with Crippen molar-refractivity contribution in [1.82, 2.24) is 9.78 Å². The molecule has 1 aromatic heterocycles. The van der Waals surface area contributed by atoms with Gasteiger partial charge in [-0.1, -0.05) is 17.7 Å². The fourth-order valence-electron chi connectivity index (χ4n) is 3.65. The molecule has 2 heterocycles. The highest BCUT2D eigenvalue weighted by atomic mass is 35.5. The highest BCUT2D eigenvalue weighted by molar-refractivity contribution is 6.31. The fraction of sp³-hybridized carbons (Fsp3) is 0.263. The number of halogens is 1. The minimum atomic E-state index is -0.314. The second kappa shape index (κ2) is 5.35. The Morgan fingerprint density at radius 3 is 2.83 bits per heavy atom. The van der Waals surface area contributed by atoms with Gasteiger partial charge in [-0.25, -0.2) is 4.79 Å². The first-order valence-electron chi connectivity index (χ1n) is 7.89. The van der Waals surface area contributed by atoms with Crippen LogP contribution in [0.3, 0.4) is 0 Å². The molecular weight excluding hydrogens is 324 g/mol. The van der Waals surface area contributed by atoms with Crippen LogP contribution in [0, 0.1) is 13.8 Å². The topological polar surface area (TPSA) is 44.1 Å². The minimum Gasteiger partial charge on any atom is -0.465 e. The van der Waals surface area contributed by atoms with E-state index in [-0.39, 0.29) is 5.97 Å². The second-order valence-corrected chi connectivity index (χ2v) is 6.64. The maximum atomic E-state index is 12.1. The number of aromatic nitrogens is 2. The number of fused-ring (bicyclic) bond motifs is 5. The Hall–Kier alpha value is -2.33. The van der Waals surface area contributed by atoms with Crippen molar-refractivity contribution in [3.8, 4) is 11.3 Å². The van der Waals surface area contributed by atoms with Crippen LogP contribution in [0.25, 0.3) is 22.2 Å². The van der Waals surface area contributed by atoms with Crippen molar-refractivity contribution >= 4 is 28.5 Å². The maximum Gasteiger partial charge on any atom is 0.338 e. The molecule has 0 fully saturated rings. The van der Waals surface area contributed by atoms with Gasteiger partial charge in [0.15, 0.2) is 0 Å². The van der Waals surface area contributed by atoms with Gasteiger partial charge in [0.2, 0.25) is 0 Å². The van der Waals surface area contributed by atoms with E-state index in [9.17, 15) is 4.79 Å². The first-order valence-corrected chi connectivity index (χ1v) is 8.27. The summed E-state index contributed by atoms with van der Waals surface area (Å²) < 4.78 is 6.95. The predicted octanol–water partition coefficient (Wildman–Crippen LogP) is 4.32. The summed E-state index contributed by atoms with van der Waals surface area (Å²) in [5, 5.41) is 6.50. The molecule has 4 rings (SSSR count). The number of aryl methyl sites for hydroxylation is 3. The summed E-state index contributed by atoms with van der Waals surface area (Å²) in [6, 6.07) is 7.77. The lowest BCUT2D eigenvalue weighted by Crippen LogP contribution is -2.15. The van der Waals surface area contributed by atoms with E-state index < -0.39 is 0 Å². The van der Waals surface area contributed by atoms with Gasteiger partial charge < -0.3 is 4.74 Å². The summed E-state index contributed by atoms with van der Waals surface area (Å²) >= 11 is 6.28. The number of nitrogens with zero attached hydrogens (tertiary/aromatic N) is 2. The van der Waals surface area contributed by atoms with Crippen molar-refractivity contribution < 1.29 is 9.53 Å². The number of carbonyl (C=O) groups is 1. The molecular formula is C19H17ClN2O2. The van der Waals surface area contributed by atoms with E-state index in [0.717, 1.165) is 46.3 Å². The number of carbonyl (C=O) groups excluding carboxylic acids is 1. The van der Waals surface area contributed by atoms with E-state index in [1.807, 2.05) is 42.8 Å². The number of rotatable bonds is 1. The monoisotopic (exact) mass is 340 g/mol. The van der Waals surface area contributed by atoms with Gasteiger partial charge in [0.05, 0.1) is 23.9 Å². The molecule has 0 aliphatic carbocycles. The van der Waals surface area contributed by atoms with Crippen LogP contribution in [-0.4, -0.2) is 22.9 Å². The Morgan fingerprint density at radius 2 is 2.08 bits per heavy atom. The molecule has 5 heteroatoms. The molecule has 1 aliphatic rings. The molecule has 0 amide bonds. The highest BCUT2D eigenvalue weighted by Gasteiger charge is 2.26. The van der Waals surface area contributed by atoms with Gasteiger partial charge in [0, 0.05) is 22.5 Å². The molecule has 0 spiro atoms. The van der Waals surface area contributed by atoms with E-state index in [2.05, 4.69) is 0 Å². The molecule has 4 nitrogen and oxygen atoms in total. The summed E-state index contributed by atoms with van der Waals surface area (Å²) in [6.45, 7) is 4.81. The molecule has 0 bridgehead atoms. The van der Waals surface area contributed by atoms with E-state index in [1.165, 1.54) is 12.7 Å². The molecule has 0 saturated carbocycles. The molecule has 0 radical (unpaired) electrons. The molecule has 122 valence electrons. The predicted molar refractivity (Wildman–Crippen MR) is 94.7 cm³/mol. The maximum absolute atomic E-state index is 12.1. The normalized spacial score (nSPS) is 12.8. The lowest BCUT2D eigenvalue weighted by Gasteiger charge is -2.21. The number of methoxy groups -OCH3 is 1. The van der Waals surface area contributed by atoms with Crippen molar-refractivity contribution in [3.05, 3.63) is 51.5 Å².